The summed E-state index contributed by atoms with van der Waals surface area (Å²) >= 11 is 0. The second kappa shape index (κ2) is 8.05. The molecule has 0 spiro atoms. The number of aliphatic carboxylic acids is 1. The van der Waals surface area contributed by atoms with E-state index in [9.17, 15) is 23.1 Å². The Kier molecular flexibility index (Phi) is 5.45. The molecule has 1 saturated carbocycles. The lowest BCUT2D eigenvalue weighted by molar-refractivity contribution is -0.137. The number of fused-ring (bicyclic) bond motifs is 1. The largest absolute Gasteiger partial charge is 0.490 e. The Hall–Kier alpha value is -2.96. The Morgan fingerprint density at radius 2 is 1.83 bits per heavy atom. The molecule has 4 rings (SSSR count). The molecule has 0 saturated heterocycles. The van der Waals surface area contributed by atoms with E-state index in [0.29, 0.717) is 22.2 Å². The van der Waals surface area contributed by atoms with Crippen molar-refractivity contribution < 1.29 is 27.8 Å². The third kappa shape index (κ3) is 4.15. The van der Waals surface area contributed by atoms with Crippen LogP contribution in [0.4, 0.5) is 13.2 Å². The monoisotopic (exact) mass is 417 g/mol. The molecule has 2 N–H and O–H groups in total. The fourth-order valence-corrected chi connectivity index (χ4v) is 4.19. The number of ether oxygens (including phenoxy) is 1. The summed E-state index contributed by atoms with van der Waals surface area (Å²) in [7, 11) is 0. The molecule has 1 aromatic heterocycles. The summed E-state index contributed by atoms with van der Waals surface area (Å²) in [5.41, 5.74) is 0.210. The van der Waals surface area contributed by atoms with Crippen LogP contribution in [-0.4, -0.2) is 22.2 Å². The van der Waals surface area contributed by atoms with Crippen LogP contribution in [0.2, 0.25) is 0 Å². The van der Waals surface area contributed by atoms with Crippen LogP contribution in [0, 0.1) is 0 Å². The number of benzene rings is 2. The van der Waals surface area contributed by atoms with Gasteiger partial charge in [0, 0.05) is 16.5 Å². The van der Waals surface area contributed by atoms with Crippen LogP contribution in [-0.2, 0) is 17.4 Å². The van der Waals surface area contributed by atoms with Crippen LogP contribution in [0.1, 0.15) is 43.2 Å². The van der Waals surface area contributed by atoms with Crippen molar-refractivity contribution in [3.63, 3.8) is 0 Å². The van der Waals surface area contributed by atoms with E-state index in [4.69, 9.17) is 4.74 Å². The van der Waals surface area contributed by atoms with Crippen LogP contribution >= 0.6 is 0 Å². The summed E-state index contributed by atoms with van der Waals surface area (Å²) in [4.78, 5) is 14.5. The first-order valence-electron chi connectivity index (χ1n) is 10.0. The molecule has 30 heavy (non-hydrogen) atoms. The highest BCUT2D eigenvalue weighted by atomic mass is 19.4. The number of carboxylic acid groups (broad SMARTS) is 1. The van der Waals surface area contributed by atoms with E-state index in [2.05, 4.69) is 4.98 Å². The van der Waals surface area contributed by atoms with Crippen LogP contribution < -0.4 is 4.74 Å². The number of hydrogen-bond acceptors (Lipinski definition) is 2. The summed E-state index contributed by atoms with van der Waals surface area (Å²) in [6, 6.07) is 10.4. The number of aromatic amines is 1. The normalized spacial score (nSPS) is 15.4. The van der Waals surface area contributed by atoms with E-state index in [1.807, 2.05) is 0 Å². The SMILES string of the molecule is O=C(O)Cc1c(-c2ccccc2C(F)(F)F)[nH]c2ccc(OC3CCCCC3)cc12. The molecular formula is C23H22F3NO3. The first kappa shape index (κ1) is 20.3. The van der Waals surface area contributed by atoms with E-state index in [-0.39, 0.29) is 17.4 Å². The molecule has 4 nitrogen and oxygen atoms in total. The highest BCUT2D eigenvalue weighted by Gasteiger charge is 2.34. The molecular weight excluding hydrogens is 395 g/mol. The maximum atomic E-state index is 13.6. The molecule has 1 aliphatic carbocycles. The van der Waals surface area contributed by atoms with Gasteiger partial charge in [-0.2, -0.15) is 13.2 Å². The lowest BCUT2D eigenvalue weighted by Gasteiger charge is -2.23. The van der Waals surface area contributed by atoms with Gasteiger partial charge in [-0.3, -0.25) is 4.79 Å². The average Bonchev–Trinajstić information content (AvgIpc) is 3.05. The minimum atomic E-state index is -4.55. The van der Waals surface area contributed by atoms with Gasteiger partial charge in [-0.15, -0.1) is 0 Å². The topological polar surface area (TPSA) is 62.3 Å². The number of rotatable bonds is 5. The predicted molar refractivity (Wildman–Crippen MR) is 108 cm³/mol. The van der Waals surface area contributed by atoms with Gasteiger partial charge in [0.25, 0.3) is 0 Å². The van der Waals surface area contributed by atoms with Crippen molar-refractivity contribution in [2.24, 2.45) is 0 Å². The number of hydrogen-bond donors (Lipinski definition) is 2. The van der Waals surface area contributed by atoms with Crippen molar-refractivity contribution in [2.45, 2.75) is 50.8 Å². The molecule has 2 aromatic carbocycles. The minimum absolute atomic E-state index is 0.0628. The molecule has 0 unspecified atom stereocenters. The van der Waals surface area contributed by atoms with Gasteiger partial charge < -0.3 is 14.8 Å². The summed E-state index contributed by atoms with van der Waals surface area (Å²) in [6.45, 7) is 0. The zero-order valence-corrected chi connectivity index (χ0v) is 16.3. The first-order valence-corrected chi connectivity index (χ1v) is 10.0. The van der Waals surface area contributed by atoms with E-state index in [0.717, 1.165) is 31.7 Å². The molecule has 0 aliphatic heterocycles. The van der Waals surface area contributed by atoms with Gasteiger partial charge in [0.1, 0.15) is 5.75 Å². The number of carbonyl (C=O) groups is 1. The zero-order valence-electron chi connectivity index (χ0n) is 16.3. The highest BCUT2D eigenvalue weighted by molar-refractivity contribution is 5.95. The summed E-state index contributed by atoms with van der Waals surface area (Å²) in [6.07, 6.45) is 0.525. The van der Waals surface area contributed by atoms with Gasteiger partial charge >= 0.3 is 12.1 Å². The van der Waals surface area contributed by atoms with Gasteiger partial charge in [-0.1, -0.05) is 24.6 Å². The molecule has 3 aromatic rings. The number of aromatic nitrogens is 1. The van der Waals surface area contributed by atoms with Gasteiger partial charge in [-0.05, 0) is 55.5 Å². The van der Waals surface area contributed by atoms with E-state index >= 15 is 0 Å². The highest BCUT2D eigenvalue weighted by Crippen LogP contribution is 2.40. The number of alkyl halides is 3. The van der Waals surface area contributed by atoms with Crippen LogP contribution in [0.25, 0.3) is 22.2 Å². The number of carboxylic acids is 1. The lowest BCUT2D eigenvalue weighted by atomic mass is 9.97. The molecule has 158 valence electrons. The Morgan fingerprint density at radius 1 is 1.10 bits per heavy atom. The summed E-state index contributed by atoms with van der Waals surface area (Å²) in [5.74, 6) is -0.504. The lowest BCUT2D eigenvalue weighted by Crippen LogP contribution is -2.19. The molecule has 7 heteroatoms. The Balaban J connectivity index is 1.82. The van der Waals surface area contributed by atoms with Crippen LogP contribution in [0.5, 0.6) is 5.75 Å². The summed E-state index contributed by atoms with van der Waals surface area (Å²) in [5, 5.41) is 9.98. The quantitative estimate of drug-likeness (QED) is 0.520. The fraction of sp³-hybridized carbons (Fsp3) is 0.348. The molecule has 1 aliphatic rings. The van der Waals surface area contributed by atoms with Crippen molar-refractivity contribution in [3.05, 3.63) is 53.6 Å². The van der Waals surface area contributed by atoms with E-state index in [1.165, 1.54) is 24.6 Å². The van der Waals surface area contributed by atoms with Crippen molar-refractivity contribution in [3.8, 4) is 17.0 Å². The Bertz CT molecular complexity index is 1070. The molecule has 0 radical (unpaired) electrons. The van der Waals surface area contributed by atoms with Crippen molar-refractivity contribution in [1.82, 2.24) is 4.98 Å². The predicted octanol–water partition coefficient (Wildman–Crippen LogP) is 6.19. The third-order valence-electron chi connectivity index (χ3n) is 5.56. The second-order valence-electron chi connectivity index (χ2n) is 7.68. The average molecular weight is 417 g/mol. The van der Waals surface area contributed by atoms with Gasteiger partial charge in [-0.25, -0.2) is 0 Å². The Labute approximate surface area is 171 Å². The zero-order chi connectivity index (χ0) is 21.3. The van der Waals surface area contributed by atoms with Gasteiger partial charge in [0.15, 0.2) is 0 Å². The summed E-state index contributed by atoms with van der Waals surface area (Å²) < 4.78 is 46.7. The van der Waals surface area contributed by atoms with Crippen LogP contribution in [0.3, 0.4) is 0 Å². The van der Waals surface area contributed by atoms with E-state index < -0.39 is 24.1 Å². The molecule has 0 bridgehead atoms. The Morgan fingerprint density at radius 3 is 2.53 bits per heavy atom. The molecule has 1 heterocycles. The maximum absolute atomic E-state index is 13.6. The van der Waals surface area contributed by atoms with E-state index in [1.54, 1.807) is 18.2 Å². The van der Waals surface area contributed by atoms with Crippen molar-refractivity contribution in [1.29, 1.82) is 0 Å². The van der Waals surface area contributed by atoms with Crippen LogP contribution in [0.15, 0.2) is 42.5 Å². The third-order valence-corrected chi connectivity index (χ3v) is 5.56. The first-order chi connectivity index (χ1) is 14.3. The number of nitrogens with one attached hydrogen (secondary N) is 1. The van der Waals surface area contributed by atoms with Gasteiger partial charge in [0.05, 0.1) is 23.8 Å². The smallest absolute Gasteiger partial charge is 0.417 e. The molecule has 0 amide bonds. The minimum Gasteiger partial charge on any atom is -0.490 e. The fourth-order valence-electron chi connectivity index (χ4n) is 4.19. The van der Waals surface area contributed by atoms with Crippen molar-refractivity contribution >= 4 is 16.9 Å². The maximum Gasteiger partial charge on any atom is 0.417 e. The molecule has 1 fully saturated rings. The number of halogens is 3. The van der Waals surface area contributed by atoms with Crippen molar-refractivity contribution in [2.75, 3.05) is 0 Å². The molecule has 0 atom stereocenters. The second-order valence-corrected chi connectivity index (χ2v) is 7.68. The number of H-pyrrole nitrogens is 1. The van der Waals surface area contributed by atoms with Gasteiger partial charge in [0.2, 0.25) is 0 Å². The standard InChI is InChI=1S/C23H22F3NO3/c24-23(25,26)19-9-5-4-8-16(19)22-18(13-21(28)29)17-12-15(10-11-20(17)27-22)30-14-6-2-1-3-7-14/h4-5,8-12,14,27H,1-3,6-7,13H2,(H,28,29).